The predicted molar refractivity (Wildman–Crippen MR) is 68.8 cm³/mol. The van der Waals surface area contributed by atoms with E-state index in [1.165, 1.54) is 0 Å². The van der Waals surface area contributed by atoms with E-state index >= 15 is 0 Å². The highest BCUT2D eigenvalue weighted by Crippen LogP contribution is 2.21. The molecule has 0 radical (unpaired) electrons. The van der Waals surface area contributed by atoms with Gasteiger partial charge in [-0.1, -0.05) is 37.3 Å². The van der Waals surface area contributed by atoms with E-state index in [2.05, 4.69) is 0 Å². The third kappa shape index (κ3) is 4.14. The number of sulfone groups is 1. The molecule has 0 spiro atoms. The molecule has 0 aliphatic carbocycles. The summed E-state index contributed by atoms with van der Waals surface area (Å²) in [5.74, 6) is 1.01. The molecule has 0 aliphatic heterocycles. The Bertz CT molecular complexity index is 400. The monoisotopic (exact) mass is 260 g/mol. The molecule has 0 amide bonds. The Morgan fingerprint density at radius 3 is 2.38 bits per heavy atom. The molecule has 0 aliphatic rings. The quantitative estimate of drug-likeness (QED) is 0.737. The van der Waals surface area contributed by atoms with Gasteiger partial charge in [-0.25, -0.2) is 8.42 Å². The second-order valence-electron chi connectivity index (χ2n) is 3.79. The van der Waals surface area contributed by atoms with Gasteiger partial charge < -0.3 is 0 Å². The van der Waals surface area contributed by atoms with Crippen molar-refractivity contribution in [2.45, 2.75) is 19.3 Å². The zero-order valence-corrected chi connectivity index (χ0v) is 11.0. The van der Waals surface area contributed by atoms with E-state index in [1.807, 2.05) is 30.3 Å². The second kappa shape index (κ2) is 6.26. The fourth-order valence-corrected chi connectivity index (χ4v) is 2.79. The smallest absolute Gasteiger partial charge is 0.150 e. The zero-order valence-electron chi connectivity index (χ0n) is 9.40. The van der Waals surface area contributed by atoms with E-state index in [1.54, 1.807) is 6.92 Å². The minimum atomic E-state index is -2.89. The van der Waals surface area contributed by atoms with Crippen LogP contribution in [0, 0.1) is 0 Å². The predicted octanol–water partition coefficient (Wildman–Crippen LogP) is 2.83. The van der Waals surface area contributed by atoms with Crippen LogP contribution in [0.3, 0.4) is 0 Å². The summed E-state index contributed by atoms with van der Waals surface area (Å²) in [4.78, 5) is 0. The fourth-order valence-electron chi connectivity index (χ4n) is 1.52. The maximum absolute atomic E-state index is 11.4. The van der Waals surface area contributed by atoms with E-state index < -0.39 is 9.84 Å². The first kappa shape index (κ1) is 13.5. The molecule has 1 rings (SSSR count). The Balaban J connectivity index is 2.64. The van der Waals surface area contributed by atoms with E-state index in [-0.39, 0.29) is 17.4 Å². The Kier molecular flexibility index (Phi) is 5.29. The Morgan fingerprint density at radius 2 is 1.88 bits per heavy atom. The molecule has 1 unspecified atom stereocenters. The molecule has 0 saturated heterocycles. The average molecular weight is 261 g/mol. The molecule has 0 heterocycles. The molecule has 0 fully saturated rings. The van der Waals surface area contributed by atoms with Crippen molar-refractivity contribution < 1.29 is 8.42 Å². The van der Waals surface area contributed by atoms with E-state index in [4.69, 9.17) is 11.6 Å². The molecule has 1 aromatic carbocycles. The lowest BCUT2D eigenvalue weighted by Gasteiger charge is -2.13. The third-order valence-corrected chi connectivity index (χ3v) is 4.78. The second-order valence-corrected chi connectivity index (χ2v) is 6.57. The van der Waals surface area contributed by atoms with Gasteiger partial charge in [-0.3, -0.25) is 0 Å². The van der Waals surface area contributed by atoms with Crippen LogP contribution in [0.25, 0.3) is 0 Å². The minimum absolute atomic E-state index is 0.129. The van der Waals surface area contributed by atoms with Gasteiger partial charge in [0.1, 0.15) is 9.84 Å². The van der Waals surface area contributed by atoms with Crippen LogP contribution in [-0.4, -0.2) is 25.8 Å². The SMILES string of the molecule is CCS(=O)(=O)CCC(CCl)c1ccccc1. The number of hydrogen-bond donors (Lipinski definition) is 0. The molecule has 1 atom stereocenters. The van der Waals surface area contributed by atoms with Gasteiger partial charge in [0.15, 0.2) is 0 Å². The summed E-state index contributed by atoms with van der Waals surface area (Å²) in [5.41, 5.74) is 1.11. The minimum Gasteiger partial charge on any atom is -0.229 e. The lowest BCUT2D eigenvalue weighted by atomic mass is 9.99. The normalized spacial score (nSPS) is 13.6. The van der Waals surface area contributed by atoms with Crippen LogP contribution in [0.4, 0.5) is 0 Å². The highest BCUT2D eigenvalue weighted by Gasteiger charge is 2.14. The fraction of sp³-hybridized carbons (Fsp3) is 0.500. The summed E-state index contributed by atoms with van der Waals surface area (Å²) in [5, 5.41) is 0. The third-order valence-electron chi connectivity index (χ3n) is 2.67. The standard InChI is InChI=1S/C12H17ClO2S/c1-2-16(14,15)9-8-12(10-13)11-6-4-3-5-7-11/h3-7,12H,2,8-10H2,1H3. The molecule has 4 heteroatoms. The van der Waals surface area contributed by atoms with Gasteiger partial charge in [-0.15, -0.1) is 11.6 Å². The van der Waals surface area contributed by atoms with Crippen LogP contribution in [-0.2, 0) is 9.84 Å². The van der Waals surface area contributed by atoms with Gasteiger partial charge in [0.25, 0.3) is 0 Å². The highest BCUT2D eigenvalue weighted by molar-refractivity contribution is 7.91. The van der Waals surface area contributed by atoms with Crippen molar-refractivity contribution in [1.29, 1.82) is 0 Å². The zero-order chi connectivity index (χ0) is 12.0. The molecule has 0 bridgehead atoms. The lowest BCUT2D eigenvalue weighted by Crippen LogP contribution is -2.13. The van der Waals surface area contributed by atoms with Crippen molar-refractivity contribution >= 4 is 21.4 Å². The summed E-state index contributed by atoms with van der Waals surface area (Å²) in [6, 6.07) is 9.82. The first-order chi connectivity index (χ1) is 7.59. The largest absolute Gasteiger partial charge is 0.229 e. The van der Waals surface area contributed by atoms with Crippen molar-refractivity contribution in [2.24, 2.45) is 0 Å². The van der Waals surface area contributed by atoms with Gasteiger partial charge in [-0.05, 0) is 17.9 Å². The molecule has 0 aromatic heterocycles. The molecular weight excluding hydrogens is 244 g/mol. The number of benzene rings is 1. The van der Waals surface area contributed by atoms with Crippen molar-refractivity contribution in [3.8, 4) is 0 Å². The Labute approximate surface area is 103 Å². The molecule has 0 N–H and O–H groups in total. The maximum Gasteiger partial charge on any atom is 0.150 e. The van der Waals surface area contributed by atoms with Gasteiger partial charge in [0, 0.05) is 11.6 Å². The van der Waals surface area contributed by atoms with Crippen molar-refractivity contribution in [3.05, 3.63) is 35.9 Å². The van der Waals surface area contributed by atoms with Crippen molar-refractivity contribution in [3.63, 3.8) is 0 Å². The van der Waals surface area contributed by atoms with E-state index in [0.29, 0.717) is 12.3 Å². The maximum atomic E-state index is 11.4. The topological polar surface area (TPSA) is 34.1 Å². The molecule has 2 nitrogen and oxygen atoms in total. The molecule has 1 aromatic rings. The van der Waals surface area contributed by atoms with Crippen LogP contribution >= 0.6 is 11.6 Å². The van der Waals surface area contributed by atoms with Crippen molar-refractivity contribution in [2.75, 3.05) is 17.4 Å². The highest BCUT2D eigenvalue weighted by atomic mass is 35.5. The number of rotatable bonds is 6. The van der Waals surface area contributed by atoms with E-state index in [9.17, 15) is 8.42 Å². The molecule has 16 heavy (non-hydrogen) atoms. The number of halogens is 1. The Hall–Kier alpha value is -0.540. The first-order valence-corrected chi connectivity index (χ1v) is 7.76. The number of hydrogen-bond acceptors (Lipinski definition) is 2. The summed E-state index contributed by atoms with van der Waals surface area (Å²) in [6.45, 7) is 1.67. The summed E-state index contributed by atoms with van der Waals surface area (Å²) >= 11 is 5.88. The van der Waals surface area contributed by atoms with E-state index in [0.717, 1.165) is 5.56 Å². The lowest BCUT2D eigenvalue weighted by molar-refractivity contribution is 0.590. The Morgan fingerprint density at radius 1 is 1.25 bits per heavy atom. The first-order valence-electron chi connectivity index (χ1n) is 5.40. The molecule has 0 saturated carbocycles. The van der Waals surface area contributed by atoms with Crippen LogP contribution in [0.2, 0.25) is 0 Å². The van der Waals surface area contributed by atoms with Gasteiger partial charge in [0.05, 0.1) is 5.75 Å². The van der Waals surface area contributed by atoms with Crippen LogP contribution < -0.4 is 0 Å². The molecular formula is C12H17ClO2S. The van der Waals surface area contributed by atoms with Crippen molar-refractivity contribution in [1.82, 2.24) is 0 Å². The van der Waals surface area contributed by atoms with Gasteiger partial charge in [0.2, 0.25) is 0 Å². The summed E-state index contributed by atoms with van der Waals surface area (Å²) < 4.78 is 22.8. The average Bonchev–Trinajstić information content (AvgIpc) is 2.31. The van der Waals surface area contributed by atoms with Crippen LogP contribution in [0.15, 0.2) is 30.3 Å². The summed E-state index contributed by atoms with van der Waals surface area (Å²) in [6.07, 6.45) is 0.601. The van der Waals surface area contributed by atoms with Crippen LogP contribution in [0.5, 0.6) is 0 Å². The van der Waals surface area contributed by atoms with Gasteiger partial charge in [-0.2, -0.15) is 0 Å². The van der Waals surface area contributed by atoms with Crippen LogP contribution in [0.1, 0.15) is 24.8 Å². The molecule has 90 valence electrons. The summed E-state index contributed by atoms with van der Waals surface area (Å²) in [7, 11) is -2.89. The number of alkyl halides is 1. The van der Waals surface area contributed by atoms with Gasteiger partial charge >= 0.3 is 0 Å².